The van der Waals surface area contributed by atoms with Crippen LogP contribution in [0.25, 0.3) is 17.4 Å². The molecule has 2 aromatic heterocycles. The molecule has 8 heteroatoms. The number of benzene rings is 1. The summed E-state index contributed by atoms with van der Waals surface area (Å²) in [6.45, 7) is 1.48. The molecule has 0 amide bonds. The Hall–Kier alpha value is -3.94. The first-order chi connectivity index (χ1) is 12.8. The fraction of sp³-hybridized carbons (Fsp3) is 0.0526. The Morgan fingerprint density at radius 2 is 1.85 bits per heavy atom. The topological polar surface area (TPSA) is 124 Å². The normalized spacial score (nSPS) is 11.0. The van der Waals surface area contributed by atoms with E-state index in [1.165, 1.54) is 31.2 Å². The van der Waals surface area contributed by atoms with Crippen molar-refractivity contribution in [2.24, 2.45) is 0 Å². The van der Waals surface area contributed by atoms with Gasteiger partial charge in [-0.15, -0.1) is 0 Å². The minimum absolute atomic E-state index is 0.0345. The van der Waals surface area contributed by atoms with Crippen LogP contribution in [0.2, 0.25) is 0 Å². The molecule has 0 saturated heterocycles. The number of nitro groups is 1. The zero-order valence-corrected chi connectivity index (χ0v) is 14.0. The second-order valence-corrected chi connectivity index (χ2v) is 5.61. The van der Waals surface area contributed by atoms with Crippen molar-refractivity contribution in [2.75, 3.05) is 0 Å². The number of carbonyl (C=O) groups excluding carboxylic acids is 1. The lowest BCUT2D eigenvalue weighted by atomic mass is 10.1. The third-order valence-electron chi connectivity index (χ3n) is 3.69. The van der Waals surface area contributed by atoms with E-state index < -0.39 is 27.6 Å². The van der Waals surface area contributed by atoms with Gasteiger partial charge in [0.25, 0.3) is 5.69 Å². The van der Waals surface area contributed by atoms with E-state index in [9.17, 15) is 24.8 Å². The minimum atomic E-state index is -0.923. The monoisotopic (exact) mass is 367 g/mol. The molecule has 3 rings (SSSR count). The molecule has 0 fully saturated rings. The van der Waals surface area contributed by atoms with Crippen LogP contribution in [0.3, 0.4) is 0 Å². The van der Waals surface area contributed by atoms with E-state index in [0.29, 0.717) is 17.1 Å². The van der Waals surface area contributed by atoms with Gasteiger partial charge in [-0.25, -0.2) is 4.79 Å². The van der Waals surface area contributed by atoms with Gasteiger partial charge in [0.2, 0.25) is 0 Å². The molecule has 0 radical (unpaired) electrons. The number of ketones is 1. The molecule has 1 aromatic carbocycles. The number of hydrogen-bond donors (Lipinski definition) is 1. The van der Waals surface area contributed by atoms with Crippen molar-refractivity contribution in [3.8, 4) is 17.1 Å². The van der Waals surface area contributed by atoms with Crippen molar-refractivity contribution in [3.05, 3.63) is 86.2 Å². The van der Waals surface area contributed by atoms with Crippen LogP contribution in [0.4, 0.5) is 5.69 Å². The molecule has 0 atom stereocenters. The quantitative estimate of drug-likeness (QED) is 0.315. The highest BCUT2D eigenvalue weighted by Crippen LogP contribution is 2.25. The molecular weight excluding hydrogens is 354 g/mol. The number of allylic oxidation sites excluding steroid dienone is 1. The maximum Gasteiger partial charge on any atom is 0.351 e. The van der Waals surface area contributed by atoms with Gasteiger partial charge in [-0.1, -0.05) is 0 Å². The Balaban J connectivity index is 1.80. The smallest absolute Gasteiger partial charge is 0.351 e. The summed E-state index contributed by atoms with van der Waals surface area (Å²) in [7, 11) is 0. The number of aromatic hydroxyl groups is 1. The summed E-state index contributed by atoms with van der Waals surface area (Å²) in [5.41, 5.74) is -0.789. The van der Waals surface area contributed by atoms with E-state index in [0.717, 1.165) is 6.08 Å². The second kappa shape index (κ2) is 7.12. The lowest BCUT2D eigenvalue weighted by Crippen LogP contribution is -2.12. The molecular formula is C19H13NO7. The summed E-state index contributed by atoms with van der Waals surface area (Å²) in [6.07, 6.45) is 2.43. The Kier molecular flexibility index (Phi) is 4.71. The molecule has 2 heterocycles. The average Bonchev–Trinajstić information content (AvgIpc) is 3.08. The van der Waals surface area contributed by atoms with Crippen LogP contribution in [0, 0.1) is 17.0 Å². The summed E-state index contributed by atoms with van der Waals surface area (Å²) >= 11 is 0. The largest absolute Gasteiger partial charge is 0.507 e. The summed E-state index contributed by atoms with van der Waals surface area (Å²) in [5, 5.41) is 20.4. The third kappa shape index (κ3) is 3.84. The van der Waals surface area contributed by atoms with Gasteiger partial charge in [0, 0.05) is 23.8 Å². The molecule has 0 unspecified atom stereocenters. The van der Waals surface area contributed by atoms with Gasteiger partial charge < -0.3 is 13.9 Å². The number of aryl methyl sites for hydroxylation is 1. The van der Waals surface area contributed by atoms with Crippen LogP contribution < -0.4 is 5.63 Å². The number of furan rings is 1. The fourth-order valence-electron chi connectivity index (χ4n) is 2.41. The molecule has 0 saturated carbocycles. The molecule has 0 bridgehead atoms. The first-order valence-electron chi connectivity index (χ1n) is 7.76. The summed E-state index contributed by atoms with van der Waals surface area (Å²) in [6, 6.07) is 10.2. The average molecular weight is 367 g/mol. The van der Waals surface area contributed by atoms with E-state index in [-0.39, 0.29) is 11.4 Å². The van der Waals surface area contributed by atoms with Gasteiger partial charge in [0.05, 0.1) is 4.92 Å². The van der Waals surface area contributed by atoms with Crippen molar-refractivity contribution in [2.45, 2.75) is 6.92 Å². The van der Waals surface area contributed by atoms with Gasteiger partial charge in [-0.2, -0.15) is 0 Å². The van der Waals surface area contributed by atoms with E-state index in [1.54, 1.807) is 24.3 Å². The van der Waals surface area contributed by atoms with Crippen LogP contribution in [-0.2, 0) is 0 Å². The Morgan fingerprint density at radius 1 is 1.15 bits per heavy atom. The number of hydrogen-bond acceptors (Lipinski definition) is 7. The third-order valence-corrected chi connectivity index (χ3v) is 3.69. The molecule has 136 valence electrons. The maximum absolute atomic E-state index is 12.1. The van der Waals surface area contributed by atoms with Crippen LogP contribution in [0.1, 0.15) is 21.9 Å². The first-order valence-corrected chi connectivity index (χ1v) is 7.76. The van der Waals surface area contributed by atoms with Crippen LogP contribution >= 0.6 is 0 Å². The zero-order valence-electron chi connectivity index (χ0n) is 14.0. The number of rotatable bonds is 5. The van der Waals surface area contributed by atoms with Gasteiger partial charge in [0.15, 0.2) is 5.78 Å². The van der Waals surface area contributed by atoms with E-state index in [2.05, 4.69) is 0 Å². The van der Waals surface area contributed by atoms with Crippen LogP contribution in [0.15, 0.2) is 62.2 Å². The number of nitrogens with zero attached hydrogens (tertiary/aromatic N) is 1. The van der Waals surface area contributed by atoms with Crippen molar-refractivity contribution in [1.29, 1.82) is 0 Å². The minimum Gasteiger partial charge on any atom is -0.507 e. The molecule has 3 aromatic rings. The molecule has 8 nitrogen and oxygen atoms in total. The first kappa shape index (κ1) is 17.9. The SMILES string of the molecule is Cc1cc(O)c(C(=O)/C=C/c2ccc(-c3ccc([N+](=O)[O-])cc3)o2)c(=O)o1. The molecule has 0 spiro atoms. The van der Waals surface area contributed by atoms with E-state index >= 15 is 0 Å². The molecule has 27 heavy (non-hydrogen) atoms. The van der Waals surface area contributed by atoms with E-state index in [4.69, 9.17) is 8.83 Å². The zero-order chi connectivity index (χ0) is 19.6. The predicted molar refractivity (Wildman–Crippen MR) is 95.5 cm³/mol. The molecule has 0 aliphatic carbocycles. The number of carbonyl (C=O) groups is 1. The fourth-order valence-corrected chi connectivity index (χ4v) is 2.41. The highest BCUT2D eigenvalue weighted by atomic mass is 16.6. The molecule has 0 aliphatic heterocycles. The van der Waals surface area contributed by atoms with Gasteiger partial charge >= 0.3 is 5.63 Å². The molecule has 0 aliphatic rings. The lowest BCUT2D eigenvalue weighted by Gasteiger charge is -1.99. The van der Waals surface area contributed by atoms with Crippen LogP contribution in [0.5, 0.6) is 5.75 Å². The lowest BCUT2D eigenvalue weighted by molar-refractivity contribution is -0.384. The number of nitro benzene ring substituents is 1. The van der Waals surface area contributed by atoms with Crippen molar-refractivity contribution >= 4 is 17.5 Å². The summed E-state index contributed by atoms with van der Waals surface area (Å²) < 4.78 is 10.4. The Morgan fingerprint density at radius 3 is 2.48 bits per heavy atom. The van der Waals surface area contributed by atoms with Gasteiger partial charge in [-0.3, -0.25) is 14.9 Å². The van der Waals surface area contributed by atoms with Gasteiger partial charge in [-0.05, 0) is 43.3 Å². The van der Waals surface area contributed by atoms with Crippen molar-refractivity contribution < 1.29 is 23.7 Å². The maximum atomic E-state index is 12.1. The highest BCUT2D eigenvalue weighted by Gasteiger charge is 2.16. The van der Waals surface area contributed by atoms with Crippen LogP contribution in [-0.4, -0.2) is 15.8 Å². The number of non-ortho nitro benzene ring substituents is 1. The molecule has 1 N–H and O–H groups in total. The highest BCUT2D eigenvalue weighted by molar-refractivity contribution is 6.08. The Labute approximate surface area is 152 Å². The summed E-state index contributed by atoms with van der Waals surface area (Å²) in [4.78, 5) is 34.0. The van der Waals surface area contributed by atoms with E-state index in [1.807, 2.05) is 0 Å². The Bertz CT molecular complexity index is 1100. The van der Waals surface area contributed by atoms with Crippen molar-refractivity contribution in [1.82, 2.24) is 0 Å². The summed E-state index contributed by atoms with van der Waals surface area (Å²) in [5.74, 6) is -0.210. The predicted octanol–water partition coefficient (Wildman–Crippen LogP) is 3.72. The van der Waals surface area contributed by atoms with Crippen molar-refractivity contribution in [3.63, 3.8) is 0 Å². The second-order valence-electron chi connectivity index (χ2n) is 5.61. The standard InChI is InChI=1S/C19H13NO7/c1-11-10-16(22)18(19(23)26-11)15(21)8-6-14-7-9-17(27-14)12-2-4-13(5-3-12)20(24)25/h2-10,22H,1H3/b8-6+. The van der Waals surface area contributed by atoms with Gasteiger partial charge in [0.1, 0.15) is 28.6 Å².